The second kappa shape index (κ2) is 9.48. The molecule has 1 saturated carbocycles. The first kappa shape index (κ1) is 26.1. The quantitative estimate of drug-likeness (QED) is 0.364. The summed E-state index contributed by atoms with van der Waals surface area (Å²) in [5, 5.41) is 6.32. The maximum atomic E-state index is 13.2. The maximum Gasteiger partial charge on any atom is 0.255 e. The molecule has 1 fully saturated rings. The van der Waals surface area contributed by atoms with Crippen LogP contribution >= 0.6 is 0 Å². The van der Waals surface area contributed by atoms with Crippen molar-refractivity contribution in [3.8, 4) is 22.5 Å². The molecule has 4 aromatic rings. The smallest absolute Gasteiger partial charge is 0.255 e. The molecule has 1 unspecified atom stereocenters. The van der Waals surface area contributed by atoms with Crippen molar-refractivity contribution in [3.63, 3.8) is 0 Å². The van der Waals surface area contributed by atoms with Crippen LogP contribution in [0.15, 0.2) is 53.1 Å². The second-order valence-electron chi connectivity index (χ2n) is 10.7. The average molecular weight is 559 g/mol. The molecule has 0 spiro atoms. The molecule has 206 valence electrons. The van der Waals surface area contributed by atoms with Gasteiger partial charge in [0, 0.05) is 60.9 Å². The van der Waals surface area contributed by atoms with Crippen molar-refractivity contribution in [2.24, 2.45) is 5.92 Å². The number of amides is 2. The maximum absolute atomic E-state index is 13.2. The third-order valence-electron chi connectivity index (χ3n) is 7.86. The van der Waals surface area contributed by atoms with Crippen molar-refractivity contribution in [2.45, 2.75) is 32.2 Å². The van der Waals surface area contributed by atoms with Gasteiger partial charge < -0.3 is 15.1 Å². The molecule has 1 atom stereocenters. The zero-order valence-electron chi connectivity index (χ0n) is 22.7. The van der Waals surface area contributed by atoms with E-state index in [-0.39, 0.29) is 17.9 Å². The molecular weight excluding hydrogens is 528 g/mol. The van der Waals surface area contributed by atoms with Crippen molar-refractivity contribution in [2.75, 3.05) is 24.7 Å². The number of hydrogen-bond acceptors (Lipinski definition) is 6. The number of sulfonamides is 1. The lowest BCUT2D eigenvalue weighted by molar-refractivity contribution is 0.0916. The van der Waals surface area contributed by atoms with Gasteiger partial charge in [-0.3, -0.25) is 18.9 Å². The minimum absolute atomic E-state index is 0.0999. The number of anilines is 1. The van der Waals surface area contributed by atoms with E-state index < -0.39 is 10.0 Å². The number of carbonyl (C=O) groups excluding carboxylic acids is 2. The van der Waals surface area contributed by atoms with Gasteiger partial charge >= 0.3 is 0 Å². The van der Waals surface area contributed by atoms with E-state index in [1.807, 2.05) is 31.2 Å². The van der Waals surface area contributed by atoms with Gasteiger partial charge in [-0.1, -0.05) is 29.8 Å². The van der Waals surface area contributed by atoms with Gasteiger partial charge in [-0.05, 0) is 37.8 Å². The summed E-state index contributed by atoms with van der Waals surface area (Å²) in [6.45, 7) is 1.97. The Labute approximate surface area is 232 Å². The summed E-state index contributed by atoms with van der Waals surface area (Å²) in [6.07, 6.45) is 5.69. The number of carbonyl (C=O) groups is 2. The Morgan fingerprint density at radius 2 is 1.82 bits per heavy atom. The number of nitrogens with zero attached hydrogens (tertiary/aromatic N) is 2. The highest BCUT2D eigenvalue weighted by molar-refractivity contribution is 7.92. The van der Waals surface area contributed by atoms with E-state index in [9.17, 15) is 18.0 Å². The third-order valence-corrected chi connectivity index (χ3v) is 9.05. The summed E-state index contributed by atoms with van der Waals surface area (Å²) in [5.74, 6) is 0.373. The van der Waals surface area contributed by atoms with Crippen LogP contribution in [0.5, 0.6) is 0 Å². The third kappa shape index (κ3) is 4.52. The minimum Gasteiger partial charge on any atom is -0.455 e. The molecule has 6 rings (SSSR count). The summed E-state index contributed by atoms with van der Waals surface area (Å²) < 4.78 is 32.7. The van der Waals surface area contributed by atoms with Crippen molar-refractivity contribution < 1.29 is 22.4 Å². The van der Waals surface area contributed by atoms with Gasteiger partial charge in [-0.25, -0.2) is 8.42 Å². The molecule has 2 aromatic carbocycles. The fraction of sp³-hybridized carbons (Fsp3) is 0.300. The van der Waals surface area contributed by atoms with Gasteiger partial charge in [0.25, 0.3) is 11.8 Å². The van der Waals surface area contributed by atoms with E-state index in [4.69, 9.17) is 4.42 Å². The van der Waals surface area contributed by atoms with Crippen LogP contribution in [0, 0.1) is 12.8 Å². The van der Waals surface area contributed by atoms with Crippen LogP contribution in [-0.4, -0.2) is 51.6 Å². The van der Waals surface area contributed by atoms with E-state index in [1.54, 1.807) is 31.4 Å². The van der Waals surface area contributed by atoms with Gasteiger partial charge in [0.15, 0.2) is 0 Å². The lowest BCUT2D eigenvalue weighted by atomic mass is 9.93. The second-order valence-corrected chi connectivity index (χ2v) is 12.7. The Morgan fingerprint density at radius 3 is 2.48 bits per heavy atom. The number of aryl methyl sites for hydroxylation is 1. The van der Waals surface area contributed by atoms with Crippen LogP contribution in [-0.2, 0) is 16.4 Å². The van der Waals surface area contributed by atoms with Gasteiger partial charge in [0.1, 0.15) is 11.3 Å². The zero-order valence-corrected chi connectivity index (χ0v) is 23.6. The van der Waals surface area contributed by atoms with Crippen LogP contribution in [0.2, 0.25) is 0 Å². The van der Waals surface area contributed by atoms with Crippen molar-refractivity contribution >= 4 is 38.5 Å². The van der Waals surface area contributed by atoms with Crippen LogP contribution in [0.25, 0.3) is 33.4 Å². The molecule has 3 heterocycles. The Hall–Kier alpha value is -4.18. The number of fused-ring (bicyclic) bond motifs is 2. The van der Waals surface area contributed by atoms with Crippen LogP contribution < -0.4 is 14.9 Å². The first-order chi connectivity index (χ1) is 19.0. The van der Waals surface area contributed by atoms with Crippen molar-refractivity contribution in [1.82, 2.24) is 15.6 Å². The number of nitrogens with one attached hydrogen (secondary N) is 2. The predicted octanol–water partition coefficient (Wildman–Crippen LogP) is 4.29. The molecule has 0 bridgehead atoms. The Morgan fingerprint density at radius 1 is 1.10 bits per heavy atom. The van der Waals surface area contributed by atoms with E-state index >= 15 is 0 Å². The van der Waals surface area contributed by atoms with Crippen LogP contribution in [0.1, 0.15) is 44.8 Å². The molecular formula is C30H30N4O5S. The molecule has 10 heteroatoms. The Balaban J connectivity index is 1.57. The SMILES string of the molecule is CNC(=O)c1c(-c2ccc(C)cc2)oc2cc(N(C)S(C)(=O)=O)c(-c3cnc4c(c3)C(=O)NC(C3CC3)C4)cc12. The normalized spacial score (nSPS) is 16.9. The molecule has 40 heavy (non-hydrogen) atoms. The van der Waals surface area contributed by atoms with Crippen LogP contribution in [0.4, 0.5) is 5.69 Å². The highest BCUT2D eigenvalue weighted by atomic mass is 32.2. The standard InChI is InChI=1S/C30H30N4O5S/c1-16-5-7-18(8-6-16)28-27(30(36)31-2)22-12-20(25(14-26(22)39-28)34(3)40(4,37)38)19-11-21-24(32-15-19)13-23(17-9-10-17)33-29(21)35/h5-8,11-12,14-15,17,23H,9-10,13H2,1-4H3,(H,31,36)(H,33,35). The van der Waals surface area contributed by atoms with Crippen molar-refractivity contribution in [1.29, 1.82) is 0 Å². The van der Waals surface area contributed by atoms with E-state index in [0.717, 1.165) is 40.2 Å². The number of hydrogen-bond donors (Lipinski definition) is 2. The Kier molecular flexibility index (Phi) is 6.18. The molecule has 2 amide bonds. The molecule has 2 aromatic heterocycles. The predicted molar refractivity (Wildman–Crippen MR) is 154 cm³/mol. The molecule has 1 aliphatic heterocycles. The number of aromatic nitrogens is 1. The number of rotatable bonds is 6. The van der Waals surface area contributed by atoms with E-state index in [0.29, 0.717) is 57.0 Å². The monoisotopic (exact) mass is 558 g/mol. The zero-order chi connectivity index (χ0) is 28.3. The summed E-state index contributed by atoms with van der Waals surface area (Å²) in [7, 11) is -0.652. The van der Waals surface area contributed by atoms with Gasteiger partial charge in [0.2, 0.25) is 10.0 Å². The topological polar surface area (TPSA) is 122 Å². The number of furan rings is 1. The van der Waals surface area contributed by atoms with Crippen molar-refractivity contribution in [3.05, 3.63) is 71.0 Å². The average Bonchev–Trinajstić information content (AvgIpc) is 3.72. The Bertz CT molecular complexity index is 1790. The summed E-state index contributed by atoms with van der Waals surface area (Å²) in [5.41, 5.74) is 5.11. The van der Waals surface area contributed by atoms with E-state index in [1.165, 1.54) is 7.05 Å². The fourth-order valence-corrected chi connectivity index (χ4v) is 5.86. The number of pyridine rings is 1. The first-order valence-corrected chi connectivity index (χ1v) is 15.0. The highest BCUT2D eigenvalue weighted by Gasteiger charge is 2.37. The summed E-state index contributed by atoms with van der Waals surface area (Å²) in [6, 6.07) is 12.8. The van der Waals surface area contributed by atoms with E-state index in [2.05, 4.69) is 15.6 Å². The molecule has 9 nitrogen and oxygen atoms in total. The molecule has 2 aliphatic rings. The largest absolute Gasteiger partial charge is 0.455 e. The first-order valence-electron chi connectivity index (χ1n) is 13.2. The fourth-order valence-electron chi connectivity index (χ4n) is 5.35. The van der Waals surface area contributed by atoms with Gasteiger partial charge in [-0.2, -0.15) is 0 Å². The molecule has 1 aliphatic carbocycles. The summed E-state index contributed by atoms with van der Waals surface area (Å²) >= 11 is 0. The lowest BCUT2D eigenvalue weighted by Crippen LogP contribution is -2.43. The van der Waals surface area contributed by atoms with Gasteiger partial charge in [0.05, 0.1) is 28.8 Å². The lowest BCUT2D eigenvalue weighted by Gasteiger charge is -2.26. The highest BCUT2D eigenvalue weighted by Crippen LogP contribution is 2.42. The van der Waals surface area contributed by atoms with Crippen LogP contribution in [0.3, 0.4) is 0 Å². The summed E-state index contributed by atoms with van der Waals surface area (Å²) in [4.78, 5) is 30.9. The van der Waals surface area contributed by atoms with Gasteiger partial charge in [-0.15, -0.1) is 0 Å². The molecule has 0 saturated heterocycles. The molecule has 0 radical (unpaired) electrons. The number of benzene rings is 2. The minimum atomic E-state index is -3.66. The molecule has 2 N–H and O–H groups in total.